The summed E-state index contributed by atoms with van der Waals surface area (Å²) in [5.74, 6) is -0.211. The first-order chi connectivity index (χ1) is 20.5. The highest BCUT2D eigenvalue weighted by Crippen LogP contribution is 2.48. The number of rotatable bonds is 10. The van der Waals surface area contributed by atoms with Gasteiger partial charge in [0.1, 0.15) is 10.9 Å². The van der Waals surface area contributed by atoms with Crippen LogP contribution in [0.3, 0.4) is 0 Å². The molecule has 3 aromatic carbocycles. The minimum Gasteiger partial charge on any atom is -0.394 e. The fraction of sp³-hybridized carbons (Fsp3) is 0.147. The zero-order chi connectivity index (χ0) is 29.5. The van der Waals surface area contributed by atoms with Crippen LogP contribution in [0.2, 0.25) is 0 Å². The van der Waals surface area contributed by atoms with Crippen LogP contribution in [0.4, 0.5) is 11.4 Å². The van der Waals surface area contributed by atoms with Gasteiger partial charge in [-0.05, 0) is 42.9 Å². The molecule has 7 nitrogen and oxygen atoms in total. The molecular weight excluding hydrogens is 542 g/mol. The molecule has 210 valence electrons. The van der Waals surface area contributed by atoms with E-state index in [2.05, 4.69) is 21.7 Å². The standard InChI is InChI=1S/C34H31N5O2S/c1-39(2)18-10-17-29(41)37-27-16-9-15-25(19-27)30-31-32(38-28(22-40)23-11-5-3-6-12-23)26(20-35)21-36-34(31)42-33(30)24-13-7-4-8-14-24/h3-17,19,21,28,40H,18,22H2,1-2H3,(H,36,38)(H,37,41)/t28-/m1/s1. The monoisotopic (exact) mass is 573 g/mol. The predicted octanol–water partition coefficient (Wildman–Crippen LogP) is 6.70. The molecule has 0 aliphatic heterocycles. The molecule has 0 saturated heterocycles. The van der Waals surface area contributed by atoms with Gasteiger partial charge in [0.25, 0.3) is 0 Å². The summed E-state index contributed by atoms with van der Waals surface area (Å²) in [6, 6.07) is 29.3. The van der Waals surface area contributed by atoms with Gasteiger partial charge in [-0.2, -0.15) is 5.26 Å². The number of amides is 1. The summed E-state index contributed by atoms with van der Waals surface area (Å²) in [4.78, 5) is 21.0. The summed E-state index contributed by atoms with van der Waals surface area (Å²) in [5, 5.41) is 27.7. The van der Waals surface area contributed by atoms with Crippen molar-refractivity contribution in [1.29, 1.82) is 5.26 Å². The van der Waals surface area contributed by atoms with Crippen LogP contribution < -0.4 is 10.6 Å². The van der Waals surface area contributed by atoms with Gasteiger partial charge in [-0.25, -0.2) is 4.98 Å². The first kappa shape index (κ1) is 28.7. The third-order valence-electron chi connectivity index (χ3n) is 6.74. The van der Waals surface area contributed by atoms with E-state index in [9.17, 15) is 15.2 Å². The van der Waals surface area contributed by atoms with E-state index in [0.717, 1.165) is 37.3 Å². The van der Waals surface area contributed by atoms with Crippen LogP contribution in [0.15, 0.2) is 103 Å². The molecule has 1 amide bonds. The van der Waals surface area contributed by atoms with Crippen LogP contribution in [0.5, 0.6) is 0 Å². The molecule has 0 aliphatic carbocycles. The second-order valence-electron chi connectivity index (χ2n) is 10.0. The number of nitrogens with zero attached hydrogens (tertiary/aromatic N) is 3. The van der Waals surface area contributed by atoms with Gasteiger partial charge in [-0.1, -0.05) is 78.9 Å². The lowest BCUT2D eigenvalue weighted by Crippen LogP contribution is -2.16. The summed E-state index contributed by atoms with van der Waals surface area (Å²) in [6.45, 7) is 0.503. The van der Waals surface area contributed by atoms with Crippen molar-refractivity contribution in [3.05, 3.63) is 114 Å². The molecule has 0 fully saturated rings. The van der Waals surface area contributed by atoms with Gasteiger partial charge in [0, 0.05) is 40.3 Å². The molecule has 0 aliphatic rings. The lowest BCUT2D eigenvalue weighted by atomic mass is 9.96. The number of likely N-dealkylation sites (N-methyl/N-ethyl adjacent to an activating group) is 1. The number of benzene rings is 3. The fourth-order valence-electron chi connectivity index (χ4n) is 4.77. The normalized spacial score (nSPS) is 12.0. The number of aliphatic hydroxyl groups is 1. The fourth-order valence-corrected chi connectivity index (χ4v) is 5.95. The quantitative estimate of drug-likeness (QED) is 0.161. The van der Waals surface area contributed by atoms with Crippen LogP contribution in [0.1, 0.15) is 17.2 Å². The van der Waals surface area contributed by atoms with E-state index in [1.54, 1.807) is 17.5 Å². The molecule has 5 aromatic rings. The van der Waals surface area contributed by atoms with Crippen LogP contribution in [0.25, 0.3) is 31.8 Å². The largest absolute Gasteiger partial charge is 0.394 e. The Morgan fingerprint density at radius 3 is 2.45 bits per heavy atom. The Morgan fingerprint density at radius 1 is 1.05 bits per heavy atom. The average Bonchev–Trinajstić information content (AvgIpc) is 3.41. The summed E-state index contributed by atoms with van der Waals surface area (Å²) >= 11 is 1.54. The molecule has 0 unspecified atom stereocenters. The molecule has 0 saturated carbocycles. The molecule has 8 heteroatoms. The van der Waals surface area contributed by atoms with Gasteiger partial charge in [-0.3, -0.25) is 4.79 Å². The van der Waals surface area contributed by atoms with E-state index >= 15 is 0 Å². The number of carbonyl (C=O) groups is 1. The van der Waals surface area contributed by atoms with Crippen LogP contribution in [-0.4, -0.2) is 48.1 Å². The summed E-state index contributed by atoms with van der Waals surface area (Å²) < 4.78 is 0. The Morgan fingerprint density at radius 2 is 1.76 bits per heavy atom. The third-order valence-corrected chi connectivity index (χ3v) is 7.88. The van der Waals surface area contributed by atoms with Crippen molar-refractivity contribution in [2.24, 2.45) is 0 Å². The second-order valence-corrected chi connectivity index (χ2v) is 11.0. The summed E-state index contributed by atoms with van der Waals surface area (Å²) in [6.07, 6.45) is 4.93. The van der Waals surface area contributed by atoms with Gasteiger partial charge in [0.15, 0.2) is 0 Å². The maximum atomic E-state index is 12.6. The number of hydrogen-bond acceptors (Lipinski definition) is 7. The lowest BCUT2D eigenvalue weighted by Gasteiger charge is -2.20. The van der Waals surface area contributed by atoms with Gasteiger partial charge >= 0.3 is 0 Å². The SMILES string of the molecule is CN(C)CC=CC(=O)Nc1cccc(-c2c(-c3ccccc3)sc3ncc(C#N)c(N[C@H](CO)c4ccccc4)c23)c1. The zero-order valence-corrected chi connectivity index (χ0v) is 24.2. The Hall–Kier alpha value is -4.81. The molecule has 0 radical (unpaired) electrons. The molecule has 2 heterocycles. The van der Waals surface area contributed by atoms with E-state index in [1.807, 2.05) is 110 Å². The van der Waals surface area contributed by atoms with E-state index in [-0.39, 0.29) is 12.5 Å². The molecule has 0 bridgehead atoms. The van der Waals surface area contributed by atoms with Crippen molar-refractivity contribution in [2.45, 2.75) is 6.04 Å². The Kier molecular flexibility index (Phi) is 9.05. The third kappa shape index (κ3) is 6.40. The molecule has 42 heavy (non-hydrogen) atoms. The zero-order valence-electron chi connectivity index (χ0n) is 23.4. The lowest BCUT2D eigenvalue weighted by molar-refractivity contribution is -0.111. The van der Waals surface area contributed by atoms with Crippen LogP contribution in [0, 0.1) is 11.3 Å². The van der Waals surface area contributed by atoms with Crippen molar-refractivity contribution in [3.8, 4) is 27.6 Å². The van der Waals surface area contributed by atoms with Gasteiger partial charge in [0.05, 0.1) is 23.9 Å². The first-order valence-electron chi connectivity index (χ1n) is 13.5. The Bertz CT molecular complexity index is 1760. The van der Waals surface area contributed by atoms with Crippen molar-refractivity contribution in [1.82, 2.24) is 9.88 Å². The highest BCUT2D eigenvalue weighted by Gasteiger charge is 2.24. The number of pyridine rings is 1. The number of aliphatic hydroxyl groups excluding tert-OH is 1. The van der Waals surface area contributed by atoms with Crippen molar-refractivity contribution in [2.75, 3.05) is 37.9 Å². The molecule has 1 atom stereocenters. The van der Waals surface area contributed by atoms with Gasteiger partial charge < -0.3 is 20.6 Å². The topological polar surface area (TPSA) is 101 Å². The van der Waals surface area contributed by atoms with Crippen molar-refractivity contribution >= 4 is 38.8 Å². The molecule has 3 N–H and O–H groups in total. The highest BCUT2D eigenvalue weighted by molar-refractivity contribution is 7.22. The maximum absolute atomic E-state index is 12.6. The highest BCUT2D eigenvalue weighted by atomic mass is 32.1. The molecule has 0 spiro atoms. The number of thiophene rings is 1. The number of anilines is 2. The maximum Gasteiger partial charge on any atom is 0.248 e. The first-order valence-corrected chi connectivity index (χ1v) is 14.4. The number of carbonyl (C=O) groups excluding carboxylic acids is 1. The van der Waals surface area contributed by atoms with Crippen molar-refractivity contribution < 1.29 is 9.90 Å². The van der Waals surface area contributed by atoms with E-state index in [0.29, 0.717) is 23.5 Å². The predicted molar refractivity (Wildman–Crippen MR) is 171 cm³/mol. The van der Waals surface area contributed by atoms with E-state index in [4.69, 9.17) is 0 Å². The number of nitriles is 1. The minimum atomic E-state index is -0.434. The Balaban J connectivity index is 1.67. The van der Waals surface area contributed by atoms with Gasteiger partial charge in [0.2, 0.25) is 5.91 Å². The Labute approximate surface area is 249 Å². The number of fused-ring (bicyclic) bond motifs is 1. The number of aromatic nitrogens is 1. The number of nitrogens with one attached hydrogen (secondary N) is 2. The minimum absolute atomic E-state index is 0.160. The van der Waals surface area contributed by atoms with Crippen LogP contribution >= 0.6 is 11.3 Å². The van der Waals surface area contributed by atoms with E-state index in [1.165, 1.54) is 6.08 Å². The second kappa shape index (κ2) is 13.2. The van der Waals surface area contributed by atoms with E-state index < -0.39 is 6.04 Å². The smallest absolute Gasteiger partial charge is 0.248 e. The summed E-state index contributed by atoms with van der Waals surface area (Å²) in [7, 11) is 3.89. The average molecular weight is 574 g/mol. The molecular formula is C34H31N5O2S. The van der Waals surface area contributed by atoms with Gasteiger partial charge in [-0.15, -0.1) is 11.3 Å². The van der Waals surface area contributed by atoms with Crippen LogP contribution in [-0.2, 0) is 4.79 Å². The number of hydrogen-bond donors (Lipinski definition) is 3. The molecule has 2 aromatic heterocycles. The molecule has 5 rings (SSSR count). The summed E-state index contributed by atoms with van der Waals surface area (Å²) in [5.41, 5.74) is 5.34. The van der Waals surface area contributed by atoms with Crippen molar-refractivity contribution in [3.63, 3.8) is 0 Å².